The molecule has 0 radical (unpaired) electrons. The quantitative estimate of drug-likeness (QED) is 0.710. The molecule has 0 spiro atoms. The molecule has 2 saturated heterocycles. The fraction of sp³-hybridized carbons (Fsp3) is 0.391. The Morgan fingerprint density at radius 2 is 1.65 bits per heavy atom. The standard InChI is InChI=1S/C23H26ClN3O4/c1-30-20-6-4-3-5-18(20)25-9-11-26(12-10-25)23(29)16-13-22(28)27(15-16)19-14-17(24)7-8-21(19)31-2/h3-8,14,16H,9-13,15H2,1-2H3. The maximum atomic E-state index is 13.2. The van der Waals surface area contributed by atoms with Gasteiger partial charge in [0, 0.05) is 44.2 Å². The van der Waals surface area contributed by atoms with Gasteiger partial charge >= 0.3 is 0 Å². The van der Waals surface area contributed by atoms with Gasteiger partial charge in [0.25, 0.3) is 0 Å². The molecule has 8 heteroatoms. The lowest BCUT2D eigenvalue weighted by Gasteiger charge is -2.37. The zero-order valence-corrected chi connectivity index (χ0v) is 18.5. The Morgan fingerprint density at radius 1 is 0.968 bits per heavy atom. The molecule has 1 atom stereocenters. The summed E-state index contributed by atoms with van der Waals surface area (Å²) in [5.41, 5.74) is 1.64. The van der Waals surface area contributed by atoms with Gasteiger partial charge in [-0.25, -0.2) is 0 Å². The highest BCUT2D eigenvalue weighted by Crippen LogP contribution is 2.36. The van der Waals surface area contributed by atoms with Crippen LogP contribution < -0.4 is 19.3 Å². The smallest absolute Gasteiger partial charge is 0.228 e. The van der Waals surface area contributed by atoms with Crippen molar-refractivity contribution in [2.75, 3.05) is 56.7 Å². The van der Waals surface area contributed by atoms with Crippen molar-refractivity contribution in [3.63, 3.8) is 0 Å². The van der Waals surface area contributed by atoms with E-state index in [-0.39, 0.29) is 24.2 Å². The minimum atomic E-state index is -0.367. The molecule has 0 saturated carbocycles. The largest absolute Gasteiger partial charge is 0.495 e. The number of ether oxygens (including phenoxy) is 2. The third-order valence-electron chi connectivity index (χ3n) is 5.92. The molecule has 0 aromatic heterocycles. The van der Waals surface area contributed by atoms with Crippen LogP contribution in [-0.4, -0.2) is 63.7 Å². The summed E-state index contributed by atoms with van der Waals surface area (Å²) in [6.45, 7) is 3.00. The molecule has 2 amide bonds. The monoisotopic (exact) mass is 443 g/mol. The van der Waals surface area contributed by atoms with Gasteiger partial charge in [0.05, 0.1) is 31.5 Å². The Hall–Kier alpha value is -2.93. The number of carbonyl (C=O) groups is 2. The van der Waals surface area contributed by atoms with E-state index >= 15 is 0 Å². The predicted molar refractivity (Wildman–Crippen MR) is 120 cm³/mol. The molecule has 2 fully saturated rings. The van der Waals surface area contributed by atoms with E-state index in [0.29, 0.717) is 36.1 Å². The third kappa shape index (κ3) is 4.28. The number of methoxy groups -OCH3 is 2. The number of hydrogen-bond donors (Lipinski definition) is 0. The number of halogens is 1. The summed E-state index contributed by atoms with van der Waals surface area (Å²) in [6.07, 6.45) is 0.196. The van der Waals surface area contributed by atoms with E-state index in [1.54, 1.807) is 37.3 Å². The average Bonchev–Trinajstić information content (AvgIpc) is 3.20. The summed E-state index contributed by atoms with van der Waals surface area (Å²) in [7, 11) is 3.22. The fourth-order valence-electron chi connectivity index (χ4n) is 4.30. The van der Waals surface area contributed by atoms with Gasteiger partial charge in [-0.15, -0.1) is 0 Å². The van der Waals surface area contributed by atoms with Crippen LogP contribution in [0.15, 0.2) is 42.5 Å². The molecule has 2 aromatic carbocycles. The number of piperazine rings is 1. The van der Waals surface area contributed by atoms with E-state index in [2.05, 4.69) is 4.90 Å². The summed E-state index contributed by atoms with van der Waals surface area (Å²) in [5.74, 6) is 0.961. The molecular weight excluding hydrogens is 418 g/mol. The van der Waals surface area contributed by atoms with Crippen LogP contribution in [0, 0.1) is 5.92 Å². The maximum Gasteiger partial charge on any atom is 0.228 e. The fourth-order valence-corrected chi connectivity index (χ4v) is 4.46. The second kappa shape index (κ2) is 9.06. The number of hydrogen-bond acceptors (Lipinski definition) is 5. The molecule has 0 aliphatic carbocycles. The molecule has 31 heavy (non-hydrogen) atoms. The van der Waals surface area contributed by atoms with Gasteiger partial charge in [0.1, 0.15) is 11.5 Å². The summed E-state index contributed by atoms with van der Waals surface area (Å²) < 4.78 is 10.8. The number of carbonyl (C=O) groups excluding carboxylic acids is 2. The van der Waals surface area contributed by atoms with E-state index < -0.39 is 0 Å². The van der Waals surface area contributed by atoms with Crippen molar-refractivity contribution < 1.29 is 19.1 Å². The van der Waals surface area contributed by atoms with Crippen LogP contribution in [-0.2, 0) is 9.59 Å². The Labute approximate surface area is 187 Å². The van der Waals surface area contributed by atoms with E-state index in [1.807, 2.05) is 29.2 Å². The van der Waals surface area contributed by atoms with Gasteiger partial charge in [0.2, 0.25) is 11.8 Å². The van der Waals surface area contributed by atoms with Crippen LogP contribution in [0.3, 0.4) is 0 Å². The first kappa shape index (κ1) is 21.3. The van der Waals surface area contributed by atoms with E-state index in [4.69, 9.17) is 21.1 Å². The first-order valence-corrected chi connectivity index (χ1v) is 10.7. The number of anilines is 2. The second-order valence-corrected chi connectivity index (χ2v) is 8.14. The second-order valence-electron chi connectivity index (χ2n) is 7.71. The van der Waals surface area contributed by atoms with Crippen molar-refractivity contribution in [2.45, 2.75) is 6.42 Å². The third-order valence-corrected chi connectivity index (χ3v) is 6.16. The molecular formula is C23H26ClN3O4. The van der Waals surface area contributed by atoms with Crippen LogP contribution >= 0.6 is 11.6 Å². The Morgan fingerprint density at radius 3 is 2.35 bits per heavy atom. The Bertz CT molecular complexity index is 975. The molecule has 164 valence electrons. The topological polar surface area (TPSA) is 62.3 Å². The molecule has 7 nitrogen and oxygen atoms in total. The van der Waals surface area contributed by atoms with E-state index in [0.717, 1.165) is 24.5 Å². The lowest BCUT2D eigenvalue weighted by molar-refractivity contribution is -0.136. The first-order valence-electron chi connectivity index (χ1n) is 10.3. The highest BCUT2D eigenvalue weighted by atomic mass is 35.5. The minimum absolute atomic E-state index is 0.0246. The Kier molecular flexibility index (Phi) is 6.23. The van der Waals surface area contributed by atoms with Crippen LogP contribution in [0.25, 0.3) is 0 Å². The number of benzene rings is 2. The van der Waals surface area contributed by atoms with Crippen molar-refractivity contribution in [3.8, 4) is 11.5 Å². The van der Waals surface area contributed by atoms with Gasteiger partial charge in [-0.1, -0.05) is 23.7 Å². The van der Waals surface area contributed by atoms with Crippen molar-refractivity contribution in [2.24, 2.45) is 5.92 Å². The van der Waals surface area contributed by atoms with Crippen LogP contribution in [0.4, 0.5) is 11.4 Å². The first-order chi connectivity index (χ1) is 15.0. The summed E-state index contributed by atoms with van der Waals surface area (Å²) in [5, 5.41) is 0.519. The Balaban J connectivity index is 1.41. The van der Waals surface area contributed by atoms with Crippen molar-refractivity contribution in [1.82, 2.24) is 4.90 Å². The summed E-state index contributed by atoms with van der Waals surface area (Å²) in [6, 6.07) is 13.1. The molecule has 1 unspecified atom stereocenters. The number of rotatable bonds is 5. The van der Waals surface area contributed by atoms with Gasteiger partial charge in [-0.2, -0.15) is 0 Å². The SMILES string of the molecule is COc1ccccc1N1CCN(C(=O)C2CC(=O)N(c3cc(Cl)ccc3OC)C2)CC1. The van der Waals surface area contributed by atoms with Crippen LogP contribution in [0.1, 0.15) is 6.42 Å². The van der Waals surface area contributed by atoms with Gasteiger partial charge in [0.15, 0.2) is 0 Å². The lowest BCUT2D eigenvalue weighted by Crippen LogP contribution is -2.50. The van der Waals surface area contributed by atoms with Crippen LogP contribution in [0.5, 0.6) is 11.5 Å². The highest BCUT2D eigenvalue weighted by molar-refractivity contribution is 6.31. The molecule has 2 aliphatic heterocycles. The molecule has 2 aliphatic rings. The predicted octanol–water partition coefficient (Wildman–Crippen LogP) is 3.06. The zero-order chi connectivity index (χ0) is 22.0. The van der Waals surface area contributed by atoms with E-state index in [9.17, 15) is 9.59 Å². The normalized spacial score (nSPS) is 19.0. The van der Waals surface area contributed by atoms with Gasteiger partial charge < -0.3 is 24.2 Å². The molecule has 0 N–H and O–H groups in total. The van der Waals surface area contributed by atoms with Crippen molar-refractivity contribution in [1.29, 1.82) is 0 Å². The number of amides is 2. The van der Waals surface area contributed by atoms with Crippen molar-refractivity contribution in [3.05, 3.63) is 47.5 Å². The highest BCUT2D eigenvalue weighted by Gasteiger charge is 2.39. The number of nitrogens with zero attached hydrogens (tertiary/aromatic N) is 3. The van der Waals surface area contributed by atoms with E-state index in [1.165, 1.54) is 0 Å². The number of para-hydroxylation sites is 2. The van der Waals surface area contributed by atoms with Crippen LogP contribution in [0.2, 0.25) is 5.02 Å². The summed E-state index contributed by atoms with van der Waals surface area (Å²) in [4.78, 5) is 31.6. The molecule has 2 aromatic rings. The maximum absolute atomic E-state index is 13.2. The van der Waals surface area contributed by atoms with Gasteiger partial charge in [-0.05, 0) is 30.3 Å². The van der Waals surface area contributed by atoms with Gasteiger partial charge in [-0.3, -0.25) is 9.59 Å². The molecule has 4 rings (SSSR count). The molecule has 0 bridgehead atoms. The average molecular weight is 444 g/mol. The zero-order valence-electron chi connectivity index (χ0n) is 17.7. The van der Waals surface area contributed by atoms with Crippen molar-refractivity contribution >= 4 is 34.8 Å². The minimum Gasteiger partial charge on any atom is -0.495 e. The molecule has 2 heterocycles. The summed E-state index contributed by atoms with van der Waals surface area (Å²) >= 11 is 6.12. The lowest BCUT2D eigenvalue weighted by atomic mass is 10.1.